The van der Waals surface area contributed by atoms with E-state index in [9.17, 15) is 0 Å². The second-order valence-electron chi connectivity index (χ2n) is 4.78. The van der Waals surface area contributed by atoms with Gasteiger partial charge in [-0.3, -0.25) is 0 Å². The molecule has 0 spiro atoms. The number of hydrogen-bond acceptors (Lipinski definition) is 0. The van der Waals surface area contributed by atoms with Crippen molar-refractivity contribution in [3.63, 3.8) is 0 Å². The Hall–Kier alpha value is 0.213. The first kappa shape index (κ1) is 22.2. The molecule has 0 atom stereocenters. The number of hydrogen-bond donors (Lipinski definition) is 0. The quantitative estimate of drug-likeness (QED) is 0.217. The van der Waals surface area contributed by atoms with Gasteiger partial charge < -0.3 is 41.8 Å². The van der Waals surface area contributed by atoms with E-state index in [1.807, 2.05) is 0 Å². The summed E-state index contributed by atoms with van der Waals surface area (Å²) < 4.78 is 3.34. The van der Waals surface area contributed by atoms with Crippen molar-refractivity contribution in [1.82, 2.24) is 4.57 Å². The van der Waals surface area contributed by atoms with Gasteiger partial charge in [0, 0.05) is 18.0 Å². The molecule has 0 radical (unpaired) electrons. The van der Waals surface area contributed by atoms with Crippen LogP contribution in [0.1, 0.15) is 11.1 Å². The van der Waals surface area contributed by atoms with Gasteiger partial charge in [-0.05, 0) is 23.7 Å². The average molecular weight is 495 g/mol. The Bertz CT molecular complexity index is 801. The maximum atomic E-state index is 3.50. The molecule has 1 aliphatic carbocycles. The Kier molecular flexibility index (Phi) is 8.43. The number of rotatable bonds is 0. The predicted octanol–water partition coefficient (Wildman–Crippen LogP) is -4.68. The second kappa shape index (κ2) is 8.35. The normalized spacial score (nSPS) is 10.5. The molecule has 1 nitrogen and oxygen atoms in total. The van der Waals surface area contributed by atoms with Crippen molar-refractivity contribution < 1.29 is 63.4 Å². The van der Waals surface area contributed by atoms with Crippen LogP contribution < -0.4 is 37.2 Å². The van der Waals surface area contributed by atoms with E-state index in [4.69, 9.17) is 0 Å². The third-order valence-corrected chi connectivity index (χ3v) is 4.27. The zero-order valence-electron chi connectivity index (χ0n) is 11.6. The van der Waals surface area contributed by atoms with Crippen LogP contribution in [0.5, 0.6) is 0 Å². The standard InChI is InChI=1S/C16H11BrN.3ClH.Zr/c1-18-15-5-3-2-4-13(15)14-9-10-8-11(17)6-7-12(10)16(14)18;;;;/h2-7H,9H2,1H3;3*1H;/q-1;;;;+4/p-3. The van der Waals surface area contributed by atoms with Crippen molar-refractivity contribution in [2.75, 3.05) is 0 Å². The van der Waals surface area contributed by atoms with Gasteiger partial charge in [0.15, 0.2) is 0 Å². The van der Waals surface area contributed by atoms with Gasteiger partial charge in [-0.1, -0.05) is 38.6 Å². The molecule has 0 saturated carbocycles. The van der Waals surface area contributed by atoms with Gasteiger partial charge in [0.2, 0.25) is 0 Å². The van der Waals surface area contributed by atoms with E-state index in [0.29, 0.717) is 0 Å². The van der Waals surface area contributed by atoms with Gasteiger partial charge in [0.25, 0.3) is 0 Å². The van der Waals surface area contributed by atoms with Gasteiger partial charge in [0.05, 0.1) is 0 Å². The van der Waals surface area contributed by atoms with E-state index in [2.05, 4.69) is 70.0 Å². The summed E-state index contributed by atoms with van der Waals surface area (Å²) in [4.78, 5) is 0. The average Bonchev–Trinajstić information content (AvgIpc) is 2.87. The summed E-state index contributed by atoms with van der Waals surface area (Å²) >= 11 is 3.50. The molecule has 0 unspecified atom stereocenters. The molecule has 1 heterocycles. The minimum Gasteiger partial charge on any atom is -1.00 e. The SMILES string of the molecule is Cn1c2c(c3ccccc31)Cc1[c-]c(Br)ccc1-2.[Cl-].[Cl-].[Cl-].[Zr+4]. The zero-order chi connectivity index (χ0) is 12.3. The Morgan fingerprint density at radius 3 is 2.45 bits per heavy atom. The summed E-state index contributed by atoms with van der Waals surface area (Å²) in [6.45, 7) is 0. The molecule has 0 saturated heterocycles. The largest absolute Gasteiger partial charge is 4.00 e. The molecular weight excluding hydrogens is 484 g/mol. The molecule has 0 aliphatic heterocycles. The Labute approximate surface area is 176 Å². The van der Waals surface area contributed by atoms with E-state index in [1.165, 1.54) is 33.3 Å². The molecule has 0 N–H and O–H groups in total. The number of aromatic nitrogens is 1. The maximum Gasteiger partial charge on any atom is 4.00 e. The summed E-state index contributed by atoms with van der Waals surface area (Å²) in [5, 5.41) is 1.37. The molecule has 0 amide bonds. The molecule has 1 aromatic heterocycles. The second-order valence-corrected chi connectivity index (χ2v) is 5.63. The zero-order valence-corrected chi connectivity index (χ0v) is 17.9. The van der Waals surface area contributed by atoms with Crippen LogP contribution in [-0.4, -0.2) is 4.57 Å². The summed E-state index contributed by atoms with van der Waals surface area (Å²) in [6, 6.07) is 16.3. The van der Waals surface area contributed by atoms with Crippen molar-refractivity contribution in [1.29, 1.82) is 0 Å². The first-order chi connectivity index (χ1) is 8.75. The van der Waals surface area contributed by atoms with E-state index >= 15 is 0 Å². The Morgan fingerprint density at radius 2 is 1.73 bits per heavy atom. The van der Waals surface area contributed by atoms with Gasteiger partial charge in [-0.15, -0.1) is 11.1 Å². The molecule has 1 aliphatic rings. The van der Waals surface area contributed by atoms with E-state index in [1.54, 1.807) is 0 Å². The molecule has 22 heavy (non-hydrogen) atoms. The number of benzene rings is 2. The Balaban J connectivity index is 0.00000110. The van der Waals surface area contributed by atoms with E-state index in [0.717, 1.165) is 10.9 Å². The van der Waals surface area contributed by atoms with Crippen LogP contribution in [0.3, 0.4) is 0 Å². The number of fused-ring (bicyclic) bond motifs is 5. The van der Waals surface area contributed by atoms with Crippen LogP contribution in [0.4, 0.5) is 0 Å². The molecule has 112 valence electrons. The van der Waals surface area contributed by atoms with Gasteiger partial charge in [-0.2, -0.15) is 18.2 Å². The first-order valence-corrected chi connectivity index (χ1v) is 6.82. The van der Waals surface area contributed by atoms with Crippen molar-refractivity contribution >= 4 is 26.8 Å². The van der Waals surface area contributed by atoms with E-state index < -0.39 is 0 Å². The molecule has 2 aromatic carbocycles. The Morgan fingerprint density at radius 1 is 1.05 bits per heavy atom. The minimum atomic E-state index is 0. The van der Waals surface area contributed by atoms with Crippen molar-refractivity contribution in [3.8, 4) is 11.3 Å². The van der Waals surface area contributed by atoms with Crippen LogP contribution in [-0.2, 0) is 39.7 Å². The molecule has 0 bridgehead atoms. The van der Waals surface area contributed by atoms with Crippen molar-refractivity contribution in [2.45, 2.75) is 6.42 Å². The number of halogens is 4. The van der Waals surface area contributed by atoms with Crippen LogP contribution in [0, 0.1) is 6.07 Å². The summed E-state index contributed by atoms with van der Waals surface area (Å²) in [5.41, 5.74) is 6.74. The topological polar surface area (TPSA) is 4.93 Å². The molecule has 4 rings (SSSR count). The minimum absolute atomic E-state index is 0. The fourth-order valence-corrected chi connectivity index (χ4v) is 3.41. The van der Waals surface area contributed by atoms with Crippen molar-refractivity contribution in [2.24, 2.45) is 7.05 Å². The first-order valence-electron chi connectivity index (χ1n) is 6.03. The van der Waals surface area contributed by atoms with Gasteiger partial charge in [-0.25, -0.2) is 0 Å². The van der Waals surface area contributed by atoms with E-state index in [-0.39, 0.29) is 63.4 Å². The van der Waals surface area contributed by atoms with Crippen LogP contribution in [0.25, 0.3) is 22.2 Å². The van der Waals surface area contributed by atoms with Crippen LogP contribution in [0.15, 0.2) is 40.9 Å². The molecule has 6 heteroatoms. The maximum absolute atomic E-state index is 3.50. The fraction of sp³-hybridized carbons (Fsp3) is 0.125. The fourth-order valence-electron chi connectivity index (χ4n) is 3.04. The predicted molar refractivity (Wildman–Crippen MR) is 77.7 cm³/mol. The van der Waals surface area contributed by atoms with Crippen molar-refractivity contribution in [3.05, 3.63) is 58.1 Å². The number of nitrogens with zero attached hydrogens (tertiary/aromatic N) is 1. The summed E-state index contributed by atoms with van der Waals surface area (Å²) in [6.07, 6.45) is 0.992. The molecule has 0 fully saturated rings. The monoisotopic (exact) mass is 491 g/mol. The summed E-state index contributed by atoms with van der Waals surface area (Å²) in [5.74, 6) is 0. The smallest absolute Gasteiger partial charge is 1.00 e. The van der Waals surface area contributed by atoms with Crippen LogP contribution >= 0.6 is 15.9 Å². The third kappa shape index (κ3) is 3.21. The van der Waals surface area contributed by atoms with Gasteiger partial charge >= 0.3 is 26.2 Å². The number of para-hydroxylation sites is 1. The van der Waals surface area contributed by atoms with Gasteiger partial charge in [0.1, 0.15) is 0 Å². The molecular formula is C16H11BrCl3NZr. The third-order valence-electron chi connectivity index (χ3n) is 3.81. The summed E-state index contributed by atoms with van der Waals surface area (Å²) in [7, 11) is 2.15. The van der Waals surface area contributed by atoms with Crippen LogP contribution in [0.2, 0.25) is 0 Å². The number of aryl methyl sites for hydroxylation is 1. The molecule has 3 aromatic rings.